The minimum atomic E-state index is -0.940. The van der Waals surface area contributed by atoms with E-state index in [1.165, 1.54) is 4.90 Å². The smallest absolute Gasteiger partial charge is 0.308 e. The van der Waals surface area contributed by atoms with Crippen molar-refractivity contribution in [2.75, 3.05) is 0 Å². The summed E-state index contributed by atoms with van der Waals surface area (Å²) >= 11 is 0. The normalized spacial score (nSPS) is 29.4. The molecule has 0 saturated carbocycles. The molecule has 108 valence electrons. The summed E-state index contributed by atoms with van der Waals surface area (Å²) in [6.45, 7) is 7.01. The molecule has 0 aromatic heterocycles. The molecule has 4 atom stereocenters. The summed E-state index contributed by atoms with van der Waals surface area (Å²) < 4.78 is 0. The third kappa shape index (κ3) is 2.88. The lowest BCUT2D eigenvalue weighted by Crippen LogP contribution is -2.61. The maximum Gasteiger partial charge on any atom is 0.308 e. The number of carbonyl (C=O) groups excluding carboxylic acids is 2. The lowest BCUT2D eigenvalue weighted by atomic mass is 9.79. The number of carboxylic acids is 1. The van der Waals surface area contributed by atoms with Gasteiger partial charge in [-0.05, 0) is 18.8 Å². The highest BCUT2D eigenvalue weighted by Gasteiger charge is 2.46. The van der Waals surface area contributed by atoms with Crippen LogP contribution in [0.4, 0.5) is 0 Å². The molecule has 4 unspecified atom stereocenters. The second-order valence-electron chi connectivity index (χ2n) is 5.68. The number of aliphatic carboxylic acids is 1. The van der Waals surface area contributed by atoms with Gasteiger partial charge in [-0.15, -0.1) is 0 Å². The second-order valence-corrected chi connectivity index (χ2v) is 5.68. The number of nitrogens with zero attached hydrogens (tertiary/aromatic N) is 1. The molecular formula is C13H22N2O4. The van der Waals surface area contributed by atoms with E-state index >= 15 is 0 Å². The molecule has 0 radical (unpaired) electrons. The van der Waals surface area contributed by atoms with Crippen molar-refractivity contribution in [3.63, 3.8) is 0 Å². The Morgan fingerprint density at radius 3 is 2.26 bits per heavy atom. The number of carbonyl (C=O) groups is 3. The van der Waals surface area contributed by atoms with Crippen molar-refractivity contribution in [1.82, 2.24) is 4.90 Å². The summed E-state index contributed by atoms with van der Waals surface area (Å²) in [5, 5.41) is 9.29. The van der Waals surface area contributed by atoms with E-state index in [0.717, 1.165) is 0 Å². The lowest BCUT2D eigenvalue weighted by Gasteiger charge is -2.45. The number of amides is 2. The monoisotopic (exact) mass is 270 g/mol. The van der Waals surface area contributed by atoms with Crippen molar-refractivity contribution in [2.24, 2.45) is 23.5 Å². The predicted molar refractivity (Wildman–Crippen MR) is 69.0 cm³/mol. The van der Waals surface area contributed by atoms with Crippen molar-refractivity contribution in [3.8, 4) is 0 Å². The molecule has 0 aromatic rings. The van der Waals surface area contributed by atoms with Gasteiger partial charge in [0.25, 0.3) is 0 Å². The Hall–Kier alpha value is -1.59. The van der Waals surface area contributed by atoms with Crippen LogP contribution in [-0.2, 0) is 14.4 Å². The molecule has 2 amide bonds. The Morgan fingerprint density at radius 2 is 1.89 bits per heavy atom. The number of likely N-dealkylation sites (tertiary alicyclic amines) is 1. The molecule has 1 rings (SSSR count). The Labute approximate surface area is 112 Å². The highest BCUT2D eigenvalue weighted by Crippen LogP contribution is 2.32. The largest absolute Gasteiger partial charge is 0.481 e. The van der Waals surface area contributed by atoms with E-state index in [4.69, 9.17) is 5.73 Å². The fourth-order valence-corrected chi connectivity index (χ4v) is 3.03. The summed E-state index contributed by atoms with van der Waals surface area (Å²) in [6, 6.07) is -1.29. The third-order valence-corrected chi connectivity index (χ3v) is 3.86. The molecule has 1 aliphatic heterocycles. The topological polar surface area (TPSA) is 101 Å². The quantitative estimate of drug-likeness (QED) is 0.774. The van der Waals surface area contributed by atoms with Crippen LogP contribution >= 0.6 is 0 Å². The van der Waals surface area contributed by atoms with Crippen LogP contribution in [0.25, 0.3) is 0 Å². The fraction of sp³-hybridized carbons (Fsp3) is 0.769. The van der Waals surface area contributed by atoms with Crippen molar-refractivity contribution in [3.05, 3.63) is 0 Å². The van der Waals surface area contributed by atoms with Gasteiger partial charge in [0.2, 0.25) is 11.8 Å². The van der Waals surface area contributed by atoms with Gasteiger partial charge in [0.15, 0.2) is 0 Å². The summed E-state index contributed by atoms with van der Waals surface area (Å²) in [5.41, 5.74) is 5.37. The average molecular weight is 270 g/mol. The van der Waals surface area contributed by atoms with E-state index in [0.29, 0.717) is 0 Å². The van der Waals surface area contributed by atoms with Crippen LogP contribution in [0, 0.1) is 17.8 Å². The number of hydrogen-bond donors (Lipinski definition) is 2. The summed E-state index contributed by atoms with van der Waals surface area (Å²) in [4.78, 5) is 36.4. The van der Waals surface area contributed by atoms with Gasteiger partial charge in [-0.3, -0.25) is 14.4 Å². The molecule has 1 heterocycles. The highest BCUT2D eigenvalue weighted by molar-refractivity contribution is 5.89. The Balaban J connectivity index is 3.13. The van der Waals surface area contributed by atoms with Gasteiger partial charge in [-0.25, -0.2) is 0 Å². The first-order chi connectivity index (χ1) is 8.68. The molecule has 19 heavy (non-hydrogen) atoms. The average Bonchev–Trinajstić information content (AvgIpc) is 2.21. The standard InChI is InChI=1S/C13H22N2O4/c1-6(2)11(12(14)17)15-8(4)10(13(18)19)7(3)5-9(15)16/h6-8,10-11H,5H2,1-4H3,(H2,14,17)(H,18,19). The van der Waals surface area contributed by atoms with E-state index in [2.05, 4.69) is 0 Å². The summed E-state index contributed by atoms with van der Waals surface area (Å²) in [6.07, 6.45) is 0.137. The van der Waals surface area contributed by atoms with Gasteiger partial charge in [0.1, 0.15) is 6.04 Å². The molecular weight excluding hydrogens is 248 g/mol. The zero-order chi connectivity index (χ0) is 14.9. The number of nitrogens with two attached hydrogens (primary N) is 1. The SMILES string of the molecule is CC(C)C(C(N)=O)N1C(=O)CC(C)C(C(=O)O)C1C. The summed E-state index contributed by atoms with van der Waals surface area (Å²) in [7, 11) is 0. The van der Waals surface area contributed by atoms with Crippen molar-refractivity contribution < 1.29 is 19.5 Å². The number of hydrogen-bond acceptors (Lipinski definition) is 3. The minimum absolute atomic E-state index is 0.137. The van der Waals surface area contributed by atoms with Crippen LogP contribution in [0.1, 0.15) is 34.1 Å². The van der Waals surface area contributed by atoms with E-state index in [1.54, 1.807) is 27.7 Å². The maximum absolute atomic E-state index is 12.2. The zero-order valence-corrected chi connectivity index (χ0v) is 11.8. The van der Waals surface area contributed by atoms with E-state index in [9.17, 15) is 19.5 Å². The van der Waals surface area contributed by atoms with Crippen molar-refractivity contribution in [2.45, 2.75) is 46.2 Å². The highest BCUT2D eigenvalue weighted by atomic mass is 16.4. The van der Waals surface area contributed by atoms with Crippen LogP contribution in [-0.4, -0.2) is 39.9 Å². The lowest BCUT2D eigenvalue weighted by molar-refractivity contribution is -0.160. The van der Waals surface area contributed by atoms with Gasteiger partial charge in [-0.2, -0.15) is 0 Å². The van der Waals surface area contributed by atoms with E-state index < -0.39 is 29.9 Å². The number of primary amides is 1. The molecule has 6 heteroatoms. The fourth-order valence-electron chi connectivity index (χ4n) is 3.03. The zero-order valence-electron chi connectivity index (χ0n) is 11.8. The first-order valence-corrected chi connectivity index (χ1v) is 6.51. The Morgan fingerprint density at radius 1 is 1.37 bits per heavy atom. The van der Waals surface area contributed by atoms with Gasteiger partial charge >= 0.3 is 5.97 Å². The van der Waals surface area contributed by atoms with Crippen LogP contribution in [0.5, 0.6) is 0 Å². The maximum atomic E-state index is 12.2. The Kier molecular flexibility index (Phi) is 4.55. The van der Waals surface area contributed by atoms with Crippen LogP contribution in [0.3, 0.4) is 0 Å². The van der Waals surface area contributed by atoms with Crippen molar-refractivity contribution >= 4 is 17.8 Å². The first-order valence-electron chi connectivity index (χ1n) is 6.51. The van der Waals surface area contributed by atoms with Gasteiger partial charge < -0.3 is 15.7 Å². The third-order valence-electron chi connectivity index (χ3n) is 3.86. The van der Waals surface area contributed by atoms with Gasteiger partial charge in [0.05, 0.1) is 5.92 Å². The molecule has 1 fully saturated rings. The van der Waals surface area contributed by atoms with Crippen LogP contribution in [0.15, 0.2) is 0 Å². The van der Waals surface area contributed by atoms with Crippen LogP contribution < -0.4 is 5.73 Å². The molecule has 1 saturated heterocycles. The van der Waals surface area contributed by atoms with Crippen molar-refractivity contribution in [1.29, 1.82) is 0 Å². The Bertz CT molecular complexity index is 394. The van der Waals surface area contributed by atoms with Gasteiger partial charge in [0, 0.05) is 12.5 Å². The first kappa shape index (κ1) is 15.5. The molecule has 0 aromatic carbocycles. The van der Waals surface area contributed by atoms with Gasteiger partial charge in [-0.1, -0.05) is 20.8 Å². The molecule has 0 aliphatic carbocycles. The van der Waals surface area contributed by atoms with E-state index in [1.807, 2.05) is 0 Å². The molecule has 6 nitrogen and oxygen atoms in total. The number of rotatable bonds is 4. The molecule has 3 N–H and O–H groups in total. The predicted octanol–water partition coefficient (Wildman–Crippen LogP) is 0.454. The van der Waals surface area contributed by atoms with Crippen LogP contribution in [0.2, 0.25) is 0 Å². The number of carboxylic acid groups (broad SMARTS) is 1. The summed E-state index contributed by atoms with van der Waals surface area (Å²) in [5.74, 6) is -2.78. The molecule has 0 bridgehead atoms. The minimum Gasteiger partial charge on any atom is -0.481 e. The molecule has 0 spiro atoms. The second kappa shape index (κ2) is 5.59. The number of piperidine rings is 1. The van der Waals surface area contributed by atoms with E-state index in [-0.39, 0.29) is 24.2 Å². The molecule has 1 aliphatic rings.